The highest BCUT2D eigenvalue weighted by molar-refractivity contribution is 7.82. The second-order valence-corrected chi connectivity index (χ2v) is 8.21. The van der Waals surface area contributed by atoms with Gasteiger partial charge in [-0.1, -0.05) is 6.07 Å². The van der Waals surface area contributed by atoms with Gasteiger partial charge in [0.2, 0.25) is 0 Å². The molecule has 1 unspecified atom stereocenters. The van der Waals surface area contributed by atoms with Gasteiger partial charge in [-0.25, -0.2) is 13.5 Å². The van der Waals surface area contributed by atoms with Crippen molar-refractivity contribution in [2.24, 2.45) is 0 Å². The molecule has 0 radical (unpaired) electrons. The first-order chi connectivity index (χ1) is 13.6. The molecule has 156 valence electrons. The number of benzene rings is 1. The lowest BCUT2D eigenvalue weighted by molar-refractivity contribution is -0.141. The Balaban J connectivity index is 1.64. The highest BCUT2D eigenvalue weighted by atomic mass is 32.2. The number of aryl methyl sites for hydroxylation is 1. The topological polar surface area (TPSA) is 73.7 Å². The number of pyridine rings is 1. The van der Waals surface area contributed by atoms with Gasteiger partial charge in [0.15, 0.2) is 0 Å². The van der Waals surface area contributed by atoms with E-state index in [1.807, 2.05) is 11.8 Å². The quantitative estimate of drug-likeness (QED) is 0.795. The number of alkyl halides is 3. The fraction of sp³-hybridized carbons (Fsp3) is 0.368. The van der Waals surface area contributed by atoms with E-state index in [9.17, 15) is 22.2 Å². The highest BCUT2D eigenvalue weighted by Gasteiger charge is 2.32. The Morgan fingerprint density at radius 1 is 1.17 bits per heavy atom. The molecule has 1 aliphatic heterocycles. The Morgan fingerprint density at radius 3 is 2.41 bits per heavy atom. The van der Waals surface area contributed by atoms with E-state index in [0.717, 1.165) is 11.6 Å². The lowest BCUT2D eigenvalue weighted by Gasteiger charge is -2.35. The van der Waals surface area contributed by atoms with Crippen LogP contribution in [0.25, 0.3) is 0 Å². The van der Waals surface area contributed by atoms with Crippen LogP contribution in [0.3, 0.4) is 0 Å². The number of aliphatic carboxylic acids is 1. The van der Waals surface area contributed by atoms with Gasteiger partial charge in [0.25, 0.3) is 0 Å². The van der Waals surface area contributed by atoms with Crippen LogP contribution in [0.1, 0.15) is 16.8 Å². The Labute approximate surface area is 168 Å². The normalized spacial score (nSPS) is 16.6. The lowest BCUT2D eigenvalue weighted by Crippen LogP contribution is -2.47. The van der Waals surface area contributed by atoms with Gasteiger partial charge in [0.05, 0.1) is 23.2 Å². The number of carboxylic acid groups (broad SMARTS) is 1. The summed E-state index contributed by atoms with van der Waals surface area (Å²) in [5.41, 5.74) is 1.10. The number of nitrogens with zero attached hydrogens (tertiary/aromatic N) is 3. The summed E-state index contributed by atoms with van der Waals surface area (Å²) in [5, 5.41) is 9.01. The molecular formula is C19H20F3N3O3S. The summed E-state index contributed by atoms with van der Waals surface area (Å²) in [4.78, 5) is 16.9. The average molecular weight is 427 g/mol. The van der Waals surface area contributed by atoms with Crippen LogP contribution in [0.4, 0.5) is 18.9 Å². The van der Waals surface area contributed by atoms with Crippen molar-refractivity contribution in [3.8, 4) is 0 Å². The Hall–Kier alpha value is -2.46. The maximum absolute atomic E-state index is 12.9. The predicted molar refractivity (Wildman–Crippen MR) is 102 cm³/mol. The van der Waals surface area contributed by atoms with E-state index in [-0.39, 0.29) is 6.42 Å². The largest absolute Gasteiger partial charge is 0.481 e. The van der Waals surface area contributed by atoms with Gasteiger partial charge >= 0.3 is 12.1 Å². The van der Waals surface area contributed by atoms with Crippen molar-refractivity contribution in [3.63, 3.8) is 0 Å². The van der Waals surface area contributed by atoms with E-state index < -0.39 is 28.8 Å². The number of hydrogen-bond acceptors (Lipinski definition) is 4. The van der Waals surface area contributed by atoms with Gasteiger partial charge in [-0.3, -0.25) is 4.79 Å². The molecule has 29 heavy (non-hydrogen) atoms. The zero-order valence-electron chi connectivity index (χ0n) is 15.6. The first-order valence-electron chi connectivity index (χ1n) is 8.91. The fourth-order valence-corrected chi connectivity index (χ4v) is 4.33. The highest BCUT2D eigenvalue weighted by Crippen LogP contribution is 2.29. The smallest absolute Gasteiger partial charge is 0.433 e. The minimum Gasteiger partial charge on any atom is -0.481 e. The molecule has 2 heterocycles. The third kappa shape index (κ3) is 5.13. The molecule has 1 aromatic carbocycles. The Kier molecular flexibility index (Phi) is 6.23. The molecule has 1 saturated heterocycles. The number of halogens is 3. The van der Waals surface area contributed by atoms with Gasteiger partial charge in [-0.15, -0.1) is 0 Å². The van der Waals surface area contributed by atoms with Gasteiger partial charge in [-0.2, -0.15) is 13.2 Å². The SMILES string of the molecule is Cc1ccc(S(=O)N2CCN(c3ccc(C(F)(F)F)nc3)CC2)cc1CC(=O)O. The maximum Gasteiger partial charge on any atom is 0.433 e. The molecule has 1 atom stereocenters. The zero-order valence-corrected chi connectivity index (χ0v) is 16.5. The second kappa shape index (κ2) is 8.50. The van der Waals surface area contributed by atoms with Crippen LogP contribution >= 0.6 is 0 Å². The molecule has 0 saturated carbocycles. The number of hydrogen-bond donors (Lipinski definition) is 1. The van der Waals surface area contributed by atoms with Crippen molar-refractivity contribution in [1.29, 1.82) is 0 Å². The number of aromatic nitrogens is 1. The summed E-state index contributed by atoms with van der Waals surface area (Å²) < 4.78 is 52.6. The van der Waals surface area contributed by atoms with E-state index in [0.29, 0.717) is 42.3 Å². The molecule has 1 fully saturated rings. The van der Waals surface area contributed by atoms with Crippen LogP contribution in [0.2, 0.25) is 0 Å². The molecule has 1 aliphatic rings. The molecule has 10 heteroatoms. The number of carboxylic acids is 1. The summed E-state index contributed by atoms with van der Waals surface area (Å²) in [6.45, 7) is 3.70. The molecule has 6 nitrogen and oxygen atoms in total. The predicted octanol–water partition coefficient (Wildman–Crippen LogP) is 2.88. The Morgan fingerprint density at radius 2 is 1.86 bits per heavy atom. The molecule has 0 spiro atoms. The van der Waals surface area contributed by atoms with Crippen molar-refractivity contribution in [2.75, 3.05) is 31.1 Å². The van der Waals surface area contributed by atoms with Gasteiger partial charge < -0.3 is 10.0 Å². The van der Waals surface area contributed by atoms with Crippen molar-refractivity contribution in [3.05, 3.63) is 53.3 Å². The van der Waals surface area contributed by atoms with Crippen LogP contribution in [-0.2, 0) is 28.4 Å². The number of piperazine rings is 1. The van der Waals surface area contributed by atoms with Gasteiger partial charge in [-0.05, 0) is 42.3 Å². The number of anilines is 1. The van der Waals surface area contributed by atoms with Gasteiger partial charge in [0.1, 0.15) is 16.7 Å². The number of rotatable bonds is 5. The van der Waals surface area contributed by atoms with Crippen molar-refractivity contribution in [2.45, 2.75) is 24.4 Å². The summed E-state index contributed by atoms with van der Waals surface area (Å²) in [5.74, 6) is -0.949. The van der Waals surface area contributed by atoms with E-state index in [1.54, 1.807) is 22.5 Å². The molecule has 1 N–H and O–H groups in total. The minimum absolute atomic E-state index is 0.133. The van der Waals surface area contributed by atoms with E-state index >= 15 is 0 Å². The fourth-order valence-electron chi connectivity index (χ4n) is 3.11. The number of carbonyl (C=O) groups is 1. The third-order valence-electron chi connectivity index (χ3n) is 4.74. The summed E-state index contributed by atoms with van der Waals surface area (Å²) in [7, 11) is -1.44. The van der Waals surface area contributed by atoms with E-state index in [2.05, 4.69) is 4.98 Å². The van der Waals surface area contributed by atoms with Crippen molar-refractivity contribution in [1.82, 2.24) is 9.29 Å². The zero-order chi connectivity index (χ0) is 21.2. The molecule has 0 bridgehead atoms. The molecule has 2 aromatic rings. The maximum atomic E-state index is 12.9. The van der Waals surface area contributed by atoms with Crippen LogP contribution in [0, 0.1) is 6.92 Å². The summed E-state index contributed by atoms with van der Waals surface area (Å²) in [6.07, 6.45) is -3.40. The molecular weight excluding hydrogens is 407 g/mol. The monoisotopic (exact) mass is 427 g/mol. The second-order valence-electron chi connectivity index (χ2n) is 6.72. The van der Waals surface area contributed by atoms with E-state index in [4.69, 9.17) is 5.11 Å². The van der Waals surface area contributed by atoms with Crippen molar-refractivity contribution >= 4 is 22.6 Å². The van der Waals surface area contributed by atoms with Crippen LogP contribution in [0.15, 0.2) is 41.4 Å². The third-order valence-corrected chi connectivity index (χ3v) is 6.23. The standard InChI is InChI=1S/C19H20F3N3O3S/c1-13-2-4-16(10-14(13)11-18(26)27)29(28)25-8-6-24(7-9-25)15-3-5-17(23-12-15)19(20,21)22/h2-5,10,12H,6-9,11H2,1H3,(H,26,27). The first-order valence-corrected chi connectivity index (χ1v) is 10.0. The Bertz CT molecular complexity index is 911. The molecule has 0 aliphatic carbocycles. The molecule has 3 rings (SSSR count). The minimum atomic E-state index is -4.47. The van der Waals surface area contributed by atoms with Crippen LogP contribution < -0.4 is 4.90 Å². The summed E-state index contributed by atoms with van der Waals surface area (Å²) in [6, 6.07) is 7.49. The average Bonchev–Trinajstić information content (AvgIpc) is 2.68. The lowest BCUT2D eigenvalue weighted by atomic mass is 10.1. The van der Waals surface area contributed by atoms with Crippen LogP contribution in [-0.4, -0.2) is 50.8 Å². The summed E-state index contributed by atoms with van der Waals surface area (Å²) >= 11 is 0. The molecule has 0 amide bonds. The van der Waals surface area contributed by atoms with Crippen molar-refractivity contribution < 1.29 is 27.3 Å². The van der Waals surface area contributed by atoms with Gasteiger partial charge in [0, 0.05) is 26.2 Å². The molecule has 1 aromatic heterocycles. The first kappa shape index (κ1) is 21.3. The van der Waals surface area contributed by atoms with Crippen LogP contribution in [0.5, 0.6) is 0 Å². The van der Waals surface area contributed by atoms with E-state index in [1.165, 1.54) is 12.3 Å².